The second-order valence-corrected chi connectivity index (χ2v) is 9.56. The minimum absolute atomic E-state index is 0. The molecule has 0 saturated heterocycles. The molecule has 0 amide bonds. The highest BCUT2D eigenvalue weighted by Gasteiger charge is 2.28. The predicted octanol–water partition coefficient (Wildman–Crippen LogP) is 5.88. The first kappa shape index (κ1) is 35.4. The summed E-state index contributed by atoms with van der Waals surface area (Å²) < 4.78 is 35.1. The first-order chi connectivity index (χ1) is 21.3. The topological polar surface area (TPSA) is 133 Å². The molecule has 0 unspecified atom stereocenters. The molecule has 242 valence electrons. The third-order valence-electron chi connectivity index (χ3n) is 7.07. The fourth-order valence-corrected chi connectivity index (χ4v) is 5.00. The molecule has 13 heteroatoms. The normalized spacial score (nSPS) is 10.3. The molecule has 5 aromatic rings. The number of hydrogen-bond donors (Lipinski definition) is 1. The zero-order valence-corrected chi connectivity index (χ0v) is 27.3. The molecule has 0 aliphatic rings. The number of aromatic nitrogens is 2. The van der Waals surface area contributed by atoms with Gasteiger partial charge in [-0.25, -0.2) is 4.79 Å². The van der Waals surface area contributed by atoms with Crippen molar-refractivity contribution in [2.45, 2.75) is 6.61 Å². The lowest BCUT2D eigenvalue weighted by Gasteiger charge is -2.21. The Labute approximate surface area is 277 Å². The number of anilines is 1. The Morgan fingerprint density at radius 3 is 1.98 bits per heavy atom. The van der Waals surface area contributed by atoms with Crippen molar-refractivity contribution in [1.82, 2.24) is 9.55 Å². The second-order valence-electron chi connectivity index (χ2n) is 9.56. The summed E-state index contributed by atoms with van der Waals surface area (Å²) in [5, 5.41) is 0.655. The Hall–Kier alpha value is -5.13. The molecule has 3 aromatic carbocycles. The number of halogens is 2. The molecule has 5 rings (SSSR count). The van der Waals surface area contributed by atoms with Crippen LogP contribution in [0.15, 0.2) is 77.9 Å². The van der Waals surface area contributed by atoms with E-state index in [0.29, 0.717) is 56.6 Å². The van der Waals surface area contributed by atoms with Gasteiger partial charge in [0.05, 0.1) is 40.9 Å². The lowest BCUT2D eigenvalue weighted by atomic mass is 9.95. The fourth-order valence-electron chi connectivity index (χ4n) is 5.00. The summed E-state index contributed by atoms with van der Waals surface area (Å²) in [4.78, 5) is 32.1. The lowest BCUT2D eigenvalue weighted by Crippen LogP contribution is -2.27. The van der Waals surface area contributed by atoms with Gasteiger partial charge in [-0.15, -0.1) is 24.8 Å². The smallest absolute Gasteiger partial charge is 0.355 e. The molecular formula is C33H33Cl2N3O8. The van der Waals surface area contributed by atoms with Crippen molar-refractivity contribution < 1.29 is 33.2 Å². The SMILES string of the molecule is COC(=O)c1c(-c2cc(OC)c(OC)c(OC)c2)c2cc(OC)c(OCc3cccnc3)cc2c(=O)n1-c1ccc(N)cc1.Cl.Cl. The van der Waals surface area contributed by atoms with Crippen LogP contribution < -0.4 is 35.0 Å². The van der Waals surface area contributed by atoms with Crippen LogP contribution in [0.4, 0.5) is 5.69 Å². The second kappa shape index (κ2) is 15.2. The standard InChI is InChI=1S/C33H31N3O8.2ClH/c1-39-25-15-23-24(16-26(25)44-18-19-7-6-12-35-17-19)32(37)36(22-10-8-21(34)9-11-22)30(33(38)43-5)29(23)20-13-27(40-2)31(42-4)28(14-20)41-3;;/h6-17H,18,34H2,1-5H3;2*1H. The number of methoxy groups -OCH3 is 5. The van der Waals surface area contributed by atoms with E-state index < -0.39 is 11.5 Å². The van der Waals surface area contributed by atoms with Crippen LogP contribution in [0.1, 0.15) is 16.1 Å². The summed E-state index contributed by atoms with van der Waals surface area (Å²) in [5.41, 5.74) is 7.99. The number of nitrogens with two attached hydrogens (primary N) is 1. The largest absolute Gasteiger partial charge is 0.493 e. The van der Waals surface area contributed by atoms with Gasteiger partial charge in [-0.1, -0.05) is 6.07 Å². The number of carbonyl (C=O) groups is 1. The van der Waals surface area contributed by atoms with E-state index in [9.17, 15) is 9.59 Å². The molecule has 2 aromatic heterocycles. The van der Waals surface area contributed by atoms with Crippen molar-refractivity contribution in [3.8, 4) is 45.6 Å². The molecule has 0 aliphatic carbocycles. The number of hydrogen-bond acceptors (Lipinski definition) is 10. The number of carbonyl (C=O) groups excluding carboxylic acids is 1. The van der Waals surface area contributed by atoms with Crippen molar-refractivity contribution in [2.24, 2.45) is 0 Å². The average molecular weight is 671 g/mol. The molecule has 2 N–H and O–H groups in total. The van der Waals surface area contributed by atoms with Gasteiger partial charge in [-0.3, -0.25) is 14.3 Å². The van der Waals surface area contributed by atoms with E-state index in [0.717, 1.165) is 5.56 Å². The van der Waals surface area contributed by atoms with Crippen LogP contribution in [-0.2, 0) is 11.3 Å². The van der Waals surface area contributed by atoms with Gasteiger partial charge >= 0.3 is 5.97 Å². The summed E-state index contributed by atoms with van der Waals surface area (Å²) in [6, 6.07) is 16.9. The minimum atomic E-state index is -0.750. The van der Waals surface area contributed by atoms with E-state index in [-0.39, 0.29) is 42.5 Å². The molecule has 46 heavy (non-hydrogen) atoms. The third kappa shape index (κ3) is 6.60. The van der Waals surface area contributed by atoms with Gasteiger partial charge in [0.2, 0.25) is 5.75 Å². The van der Waals surface area contributed by atoms with Gasteiger partial charge in [0.15, 0.2) is 23.0 Å². The van der Waals surface area contributed by atoms with Gasteiger partial charge in [0.25, 0.3) is 5.56 Å². The Balaban J connectivity index is 0.00000288. The van der Waals surface area contributed by atoms with Crippen LogP contribution in [0, 0.1) is 0 Å². The van der Waals surface area contributed by atoms with E-state index in [4.69, 9.17) is 34.2 Å². The number of pyridine rings is 2. The predicted molar refractivity (Wildman–Crippen MR) is 180 cm³/mol. The van der Waals surface area contributed by atoms with Crippen LogP contribution in [0.3, 0.4) is 0 Å². The fraction of sp³-hybridized carbons (Fsp3) is 0.182. The molecule has 2 heterocycles. The highest BCUT2D eigenvalue weighted by molar-refractivity contribution is 6.08. The Kier molecular flexibility index (Phi) is 11.7. The van der Waals surface area contributed by atoms with Crippen molar-refractivity contribution in [3.63, 3.8) is 0 Å². The summed E-state index contributed by atoms with van der Waals surface area (Å²) in [6.45, 7) is 0.182. The Morgan fingerprint density at radius 1 is 0.804 bits per heavy atom. The van der Waals surface area contributed by atoms with Crippen LogP contribution in [0.2, 0.25) is 0 Å². The quantitative estimate of drug-likeness (QED) is 0.142. The van der Waals surface area contributed by atoms with Crippen LogP contribution in [0.5, 0.6) is 28.7 Å². The highest BCUT2D eigenvalue weighted by atomic mass is 35.5. The molecule has 0 saturated carbocycles. The number of nitrogens with zero attached hydrogens (tertiary/aromatic N) is 2. The lowest BCUT2D eigenvalue weighted by molar-refractivity contribution is 0.0591. The summed E-state index contributed by atoms with van der Waals surface area (Å²) in [6.07, 6.45) is 3.36. The molecular weight excluding hydrogens is 637 g/mol. The minimum Gasteiger partial charge on any atom is -0.493 e. The van der Waals surface area contributed by atoms with Crippen LogP contribution >= 0.6 is 24.8 Å². The van der Waals surface area contributed by atoms with Crippen molar-refractivity contribution in [3.05, 3.63) is 94.7 Å². The zero-order chi connectivity index (χ0) is 31.4. The highest BCUT2D eigenvalue weighted by Crippen LogP contribution is 2.45. The van der Waals surface area contributed by atoms with E-state index in [1.54, 1.807) is 67.0 Å². The van der Waals surface area contributed by atoms with Gasteiger partial charge in [0, 0.05) is 40.3 Å². The van der Waals surface area contributed by atoms with Crippen molar-refractivity contribution in [1.29, 1.82) is 0 Å². The molecule has 0 fully saturated rings. The van der Waals surface area contributed by atoms with Crippen LogP contribution in [-0.4, -0.2) is 51.1 Å². The monoisotopic (exact) mass is 669 g/mol. The third-order valence-corrected chi connectivity index (χ3v) is 7.07. The average Bonchev–Trinajstić information content (AvgIpc) is 3.06. The van der Waals surface area contributed by atoms with Crippen molar-refractivity contribution in [2.75, 3.05) is 41.3 Å². The number of ether oxygens (including phenoxy) is 6. The van der Waals surface area contributed by atoms with Gasteiger partial charge < -0.3 is 34.2 Å². The maximum absolute atomic E-state index is 14.4. The summed E-state index contributed by atoms with van der Waals surface area (Å²) in [5.74, 6) is 0.972. The first-order valence-corrected chi connectivity index (χ1v) is 13.4. The number of esters is 1. The Morgan fingerprint density at radius 2 is 1.43 bits per heavy atom. The molecule has 0 bridgehead atoms. The zero-order valence-electron chi connectivity index (χ0n) is 25.7. The maximum atomic E-state index is 14.4. The summed E-state index contributed by atoms with van der Waals surface area (Å²) >= 11 is 0. The maximum Gasteiger partial charge on any atom is 0.355 e. The van der Waals surface area contributed by atoms with Crippen LogP contribution in [0.25, 0.3) is 27.6 Å². The summed E-state index contributed by atoms with van der Waals surface area (Å²) in [7, 11) is 7.22. The van der Waals surface area contributed by atoms with E-state index >= 15 is 0 Å². The van der Waals surface area contributed by atoms with Gasteiger partial charge in [0.1, 0.15) is 12.3 Å². The molecule has 11 nitrogen and oxygen atoms in total. The van der Waals surface area contributed by atoms with Crippen molar-refractivity contribution >= 4 is 47.2 Å². The molecule has 0 radical (unpaired) electrons. The number of benzene rings is 3. The molecule has 0 aliphatic heterocycles. The van der Waals surface area contributed by atoms with E-state index in [1.807, 2.05) is 6.07 Å². The Bertz CT molecular complexity index is 1870. The number of fused-ring (bicyclic) bond motifs is 1. The van der Waals surface area contributed by atoms with Gasteiger partial charge in [-0.05, 0) is 60.2 Å². The van der Waals surface area contributed by atoms with E-state index in [2.05, 4.69) is 4.98 Å². The number of rotatable bonds is 10. The first-order valence-electron chi connectivity index (χ1n) is 13.4. The molecule has 0 atom stereocenters. The van der Waals surface area contributed by atoms with Gasteiger partial charge in [-0.2, -0.15) is 0 Å². The molecule has 0 spiro atoms. The van der Waals surface area contributed by atoms with E-state index in [1.165, 1.54) is 40.1 Å². The number of nitrogen functional groups attached to an aromatic ring is 1.